The van der Waals surface area contributed by atoms with Gasteiger partial charge >= 0.3 is 0 Å². The second-order valence-electron chi connectivity index (χ2n) is 5.29. The third-order valence-corrected chi connectivity index (χ3v) is 3.89. The number of nitrogens with one attached hydrogen (secondary N) is 1. The van der Waals surface area contributed by atoms with Gasteiger partial charge in [-0.1, -0.05) is 44.2 Å². The van der Waals surface area contributed by atoms with Crippen molar-refractivity contribution in [2.75, 3.05) is 13.2 Å². The molecule has 1 aromatic carbocycles. The zero-order valence-electron chi connectivity index (χ0n) is 11.6. The topological polar surface area (TPSA) is 21.3 Å². The molecule has 0 radical (unpaired) electrons. The number of benzene rings is 1. The highest BCUT2D eigenvalue weighted by Gasteiger charge is 2.31. The predicted molar refractivity (Wildman–Crippen MR) is 75.7 cm³/mol. The van der Waals surface area contributed by atoms with Gasteiger partial charge in [-0.25, -0.2) is 0 Å². The Bertz CT molecular complexity index is 338. The third kappa shape index (κ3) is 3.56. The van der Waals surface area contributed by atoms with Crippen molar-refractivity contribution in [2.24, 2.45) is 5.92 Å². The smallest absolute Gasteiger partial charge is 0.0754 e. The van der Waals surface area contributed by atoms with Crippen molar-refractivity contribution < 1.29 is 4.74 Å². The summed E-state index contributed by atoms with van der Waals surface area (Å²) >= 11 is 0. The summed E-state index contributed by atoms with van der Waals surface area (Å²) in [6, 6.07) is 11.2. The molecule has 100 valence electrons. The molecule has 1 aromatic rings. The highest BCUT2D eigenvalue weighted by Crippen LogP contribution is 2.25. The number of rotatable bonds is 6. The monoisotopic (exact) mass is 247 g/mol. The average molecular weight is 247 g/mol. The molecule has 1 aliphatic heterocycles. The van der Waals surface area contributed by atoms with E-state index in [1.807, 2.05) is 0 Å². The fourth-order valence-electron chi connectivity index (χ4n) is 2.84. The van der Waals surface area contributed by atoms with Gasteiger partial charge in [0.2, 0.25) is 0 Å². The molecule has 1 aliphatic rings. The van der Waals surface area contributed by atoms with Gasteiger partial charge in [0.05, 0.1) is 6.10 Å². The van der Waals surface area contributed by atoms with Crippen LogP contribution in [0.15, 0.2) is 30.3 Å². The summed E-state index contributed by atoms with van der Waals surface area (Å²) < 4.78 is 5.91. The van der Waals surface area contributed by atoms with E-state index in [2.05, 4.69) is 49.5 Å². The molecule has 0 spiro atoms. The molecule has 1 fully saturated rings. The first-order chi connectivity index (χ1) is 8.81. The van der Waals surface area contributed by atoms with Crippen LogP contribution in [-0.4, -0.2) is 25.3 Å². The Labute approximate surface area is 111 Å². The van der Waals surface area contributed by atoms with Gasteiger partial charge in [0.25, 0.3) is 0 Å². The second kappa shape index (κ2) is 6.91. The number of hydrogen-bond donors (Lipinski definition) is 1. The molecule has 0 bridgehead atoms. The van der Waals surface area contributed by atoms with Crippen LogP contribution in [0, 0.1) is 5.92 Å². The number of ether oxygens (including phenoxy) is 1. The summed E-state index contributed by atoms with van der Waals surface area (Å²) in [7, 11) is 0. The molecule has 3 atom stereocenters. The number of aryl methyl sites for hydroxylation is 1. The van der Waals surface area contributed by atoms with Crippen LogP contribution >= 0.6 is 0 Å². The van der Waals surface area contributed by atoms with E-state index in [4.69, 9.17) is 4.74 Å². The Balaban J connectivity index is 1.90. The van der Waals surface area contributed by atoms with Crippen molar-refractivity contribution >= 4 is 0 Å². The molecule has 0 aromatic heterocycles. The normalized spacial score (nSPS) is 25.2. The van der Waals surface area contributed by atoms with Crippen LogP contribution in [-0.2, 0) is 11.2 Å². The molecule has 2 rings (SSSR count). The Morgan fingerprint density at radius 3 is 2.72 bits per heavy atom. The zero-order chi connectivity index (χ0) is 12.8. The van der Waals surface area contributed by atoms with Crippen LogP contribution < -0.4 is 5.32 Å². The molecular weight excluding hydrogens is 222 g/mol. The summed E-state index contributed by atoms with van der Waals surface area (Å²) in [4.78, 5) is 0. The van der Waals surface area contributed by atoms with Gasteiger partial charge in [0.1, 0.15) is 0 Å². The largest absolute Gasteiger partial charge is 0.376 e. The lowest BCUT2D eigenvalue weighted by atomic mass is 9.93. The molecule has 3 unspecified atom stereocenters. The first-order valence-electron chi connectivity index (χ1n) is 7.20. The van der Waals surface area contributed by atoms with Crippen LogP contribution in [0.3, 0.4) is 0 Å². The molecule has 2 nitrogen and oxygen atoms in total. The fourth-order valence-corrected chi connectivity index (χ4v) is 2.84. The Morgan fingerprint density at radius 2 is 2.11 bits per heavy atom. The maximum absolute atomic E-state index is 5.91. The lowest BCUT2D eigenvalue weighted by molar-refractivity contribution is 0.0589. The number of hydrogen-bond acceptors (Lipinski definition) is 2. The van der Waals surface area contributed by atoms with Crippen molar-refractivity contribution in [3.05, 3.63) is 35.9 Å². The molecule has 18 heavy (non-hydrogen) atoms. The Morgan fingerprint density at radius 1 is 1.33 bits per heavy atom. The standard InChI is InChI=1S/C16H25NO/c1-3-17-15(16-13(2)11-12-18-16)10-9-14-7-5-4-6-8-14/h4-8,13,15-17H,3,9-12H2,1-2H3. The van der Waals surface area contributed by atoms with E-state index in [0.717, 1.165) is 26.0 Å². The van der Waals surface area contributed by atoms with E-state index >= 15 is 0 Å². The number of likely N-dealkylation sites (N-methyl/N-ethyl adjacent to an activating group) is 1. The second-order valence-corrected chi connectivity index (χ2v) is 5.29. The Hall–Kier alpha value is -0.860. The van der Waals surface area contributed by atoms with Gasteiger partial charge in [-0.05, 0) is 37.3 Å². The first kappa shape index (κ1) is 13.6. The van der Waals surface area contributed by atoms with Gasteiger partial charge in [0.15, 0.2) is 0 Å². The van der Waals surface area contributed by atoms with E-state index in [0.29, 0.717) is 18.1 Å². The molecule has 1 N–H and O–H groups in total. The molecule has 1 heterocycles. The van der Waals surface area contributed by atoms with Gasteiger partial charge in [-0.2, -0.15) is 0 Å². The summed E-state index contributed by atoms with van der Waals surface area (Å²) in [6.07, 6.45) is 3.89. The van der Waals surface area contributed by atoms with E-state index < -0.39 is 0 Å². The first-order valence-corrected chi connectivity index (χ1v) is 7.20. The average Bonchev–Trinajstić information content (AvgIpc) is 2.82. The van der Waals surface area contributed by atoms with Gasteiger partial charge in [0, 0.05) is 12.6 Å². The molecule has 0 saturated carbocycles. The van der Waals surface area contributed by atoms with E-state index in [-0.39, 0.29) is 0 Å². The van der Waals surface area contributed by atoms with Crippen molar-refractivity contribution in [3.63, 3.8) is 0 Å². The van der Waals surface area contributed by atoms with Gasteiger partial charge in [-0.3, -0.25) is 0 Å². The van der Waals surface area contributed by atoms with Gasteiger partial charge < -0.3 is 10.1 Å². The highest BCUT2D eigenvalue weighted by molar-refractivity contribution is 5.15. The summed E-state index contributed by atoms with van der Waals surface area (Å²) in [6.45, 7) is 6.44. The van der Waals surface area contributed by atoms with Crippen molar-refractivity contribution in [1.29, 1.82) is 0 Å². The molecule has 2 heteroatoms. The van der Waals surface area contributed by atoms with Crippen molar-refractivity contribution in [2.45, 2.75) is 45.3 Å². The van der Waals surface area contributed by atoms with Crippen LogP contribution in [0.25, 0.3) is 0 Å². The lowest BCUT2D eigenvalue weighted by Crippen LogP contribution is -2.42. The third-order valence-electron chi connectivity index (χ3n) is 3.89. The summed E-state index contributed by atoms with van der Waals surface area (Å²) in [5.74, 6) is 0.685. The minimum absolute atomic E-state index is 0.397. The maximum atomic E-state index is 5.91. The maximum Gasteiger partial charge on any atom is 0.0754 e. The van der Waals surface area contributed by atoms with Crippen molar-refractivity contribution in [3.8, 4) is 0 Å². The minimum Gasteiger partial charge on any atom is -0.376 e. The van der Waals surface area contributed by atoms with Crippen molar-refractivity contribution in [1.82, 2.24) is 5.32 Å². The SMILES string of the molecule is CCNC(CCc1ccccc1)C1OCCC1C. The molecule has 0 aliphatic carbocycles. The quantitative estimate of drug-likeness (QED) is 0.834. The van der Waals surface area contributed by atoms with Crippen LogP contribution in [0.1, 0.15) is 32.3 Å². The lowest BCUT2D eigenvalue weighted by Gasteiger charge is -2.27. The van der Waals surface area contributed by atoms with E-state index in [9.17, 15) is 0 Å². The van der Waals surface area contributed by atoms with Crippen LogP contribution in [0.4, 0.5) is 0 Å². The van der Waals surface area contributed by atoms with Crippen LogP contribution in [0.2, 0.25) is 0 Å². The summed E-state index contributed by atoms with van der Waals surface area (Å²) in [5, 5.41) is 3.60. The minimum atomic E-state index is 0.397. The van der Waals surface area contributed by atoms with E-state index in [1.165, 1.54) is 12.0 Å². The van der Waals surface area contributed by atoms with E-state index in [1.54, 1.807) is 0 Å². The highest BCUT2D eigenvalue weighted by atomic mass is 16.5. The molecular formula is C16H25NO. The zero-order valence-corrected chi connectivity index (χ0v) is 11.6. The van der Waals surface area contributed by atoms with Crippen LogP contribution in [0.5, 0.6) is 0 Å². The summed E-state index contributed by atoms with van der Waals surface area (Å²) in [5.41, 5.74) is 1.42. The fraction of sp³-hybridized carbons (Fsp3) is 0.625. The molecule has 1 saturated heterocycles. The predicted octanol–water partition coefficient (Wildman–Crippen LogP) is 3.02. The molecule has 0 amide bonds. The van der Waals surface area contributed by atoms with Gasteiger partial charge in [-0.15, -0.1) is 0 Å². The Kier molecular flexibility index (Phi) is 5.21.